The number of nitrogens with zero attached hydrogens (tertiary/aromatic N) is 1. The molecule has 2 saturated carbocycles. The van der Waals surface area contributed by atoms with Crippen molar-refractivity contribution in [2.24, 2.45) is 22.2 Å². The number of hydrogen-bond donors (Lipinski definition) is 0. The van der Waals surface area contributed by atoms with Crippen molar-refractivity contribution in [3.63, 3.8) is 0 Å². The first-order chi connectivity index (χ1) is 8.18. The SMILES string of the molecule is CC1(C)C(=NCc2ccccc2)[C@H]2CC[C@H]1C2. The van der Waals surface area contributed by atoms with Crippen LogP contribution < -0.4 is 0 Å². The van der Waals surface area contributed by atoms with Crippen LogP contribution in [0.1, 0.15) is 38.7 Å². The van der Waals surface area contributed by atoms with Crippen LogP contribution >= 0.6 is 0 Å². The molecular weight excluding hydrogens is 206 g/mol. The zero-order valence-corrected chi connectivity index (χ0v) is 10.8. The summed E-state index contributed by atoms with van der Waals surface area (Å²) < 4.78 is 0. The fourth-order valence-electron chi connectivity index (χ4n) is 3.71. The van der Waals surface area contributed by atoms with Gasteiger partial charge in [0.25, 0.3) is 0 Å². The molecule has 2 atom stereocenters. The van der Waals surface area contributed by atoms with Gasteiger partial charge in [-0.05, 0) is 36.7 Å². The van der Waals surface area contributed by atoms with Crippen LogP contribution in [0.3, 0.4) is 0 Å². The second-order valence-corrected chi connectivity index (χ2v) is 6.12. The Hall–Kier alpha value is -1.11. The van der Waals surface area contributed by atoms with Crippen LogP contribution in [0, 0.1) is 17.3 Å². The average molecular weight is 227 g/mol. The third-order valence-electron chi connectivity index (χ3n) is 4.77. The average Bonchev–Trinajstić information content (AvgIpc) is 2.87. The van der Waals surface area contributed by atoms with E-state index in [1.807, 2.05) is 0 Å². The van der Waals surface area contributed by atoms with E-state index in [9.17, 15) is 0 Å². The number of hydrogen-bond acceptors (Lipinski definition) is 1. The molecule has 0 spiro atoms. The summed E-state index contributed by atoms with van der Waals surface area (Å²) >= 11 is 0. The van der Waals surface area contributed by atoms with E-state index in [1.54, 1.807) is 0 Å². The van der Waals surface area contributed by atoms with E-state index in [0.717, 1.165) is 18.4 Å². The predicted molar refractivity (Wildman–Crippen MR) is 72.2 cm³/mol. The molecule has 1 heteroatoms. The topological polar surface area (TPSA) is 12.4 Å². The standard InChI is InChI=1S/C16H21N/c1-16(2)14-9-8-13(10-14)15(16)17-11-12-6-4-3-5-7-12/h3-7,13-14H,8-11H2,1-2H3/t13-,14-/m0/s1. The summed E-state index contributed by atoms with van der Waals surface area (Å²) in [4.78, 5) is 4.95. The number of rotatable bonds is 2. The first-order valence-electron chi connectivity index (χ1n) is 6.76. The summed E-state index contributed by atoms with van der Waals surface area (Å²) in [5, 5.41) is 0. The molecule has 2 fully saturated rings. The Morgan fingerprint density at radius 2 is 1.94 bits per heavy atom. The van der Waals surface area contributed by atoms with E-state index in [2.05, 4.69) is 44.2 Å². The van der Waals surface area contributed by atoms with Gasteiger partial charge in [0.2, 0.25) is 0 Å². The quantitative estimate of drug-likeness (QED) is 0.721. The Kier molecular flexibility index (Phi) is 2.57. The molecule has 0 amide bonds. The second-order valence-electron chi connectivity index (χ2n) is 6.12. The molecule has 0 unspecified atom stereocenters. The van der Waals surface area contributed by atoms with Gasteiger partial charge in [0.05, 0.1) is 6.54 Å². The first-order valence-corrected chi connectivity index (χ1v) is 6.76. The van der Waals surface area contributed by atoms with Gasteiger partial charge in [0.15, 0.2) is 0 Å². The van der Waals surface area contributed by atoms with Gasteiger partial charge in [-0.3, -0.25) is 4.99 Å². The van der Waals surface area contributed by atoms with E-state index < -0.39 is 0 Å². The van der Waals surface area contributed by atoms with Gasteiger partial charge in [-0.25, -0.2) is 0 Å². The highest BCUT2D eigenvalue weighted by molar-refractivity contribution is 5.94. The van der Waals surface area contributed by atoms with Gasteiger partial charge in [-0.15, -0.1) is 0 Å². The molecule has 90 valence electrons. The van der Waals surface area contributed by atoms with Crippen molar-refractivity contribution in [3.8, 4) is 0 Å². The fraction of sp³-hybridized carbons (Fsp3) is 0.562. The minimum atomic E-state index is 0.359. The van der Waals surface area contributed by atoms with Crippen molar-refractivity contribution >= 4 is 5.71 Å². The van der Waals surface area contributed by atoms with Crippen LogP contribution in [-0.2, 0) is 6.54 Å². The molecule has 1 nitrogen and oxygen atoms in total. The van der Waals surface area contributed by atoms with Gasteiger partial charge in [-0.2, -0.15) is 0 Å². The van der Waals surface area contributed by atoms with Gasteiger partial charge in [0, 0.05) is 11.1 Å². The number of benzene rings is 1. The largest absolute Gasteiger partial charge is 0.289 e. The van der Waals surface area contributed by atoms with Crippen molar-refractivity contribution < 1.29 is 0 Å². The Bertz CT molecular complexity index is 430. The molecule has 0 heterocycles. The third-order valence-corrected chi connectivity index (χ3v) is 4.77. The Morgan fingerprint density at radius 1 is 1.18 bits per heavy atom. The van der Waals surface area contributed by atoms with Crippen LogP contribution in [-0.4, -0.2) is 5.71 Å². The Morgan fingerprint density at radius 3 is 2.59 bits per heavy atom. The summed E-state index contributed by atoms with van der Waals surface area (Å²) in [6, 6.07) is 10.6. The molecule has 0 N–H and O–H groups in total. The lowest BCUT2D eigenvalue weighted by Gasteiger charge is -2.31. The molecule has 0 radical (unpaired) electrons. The second kappa shape index (κ2) is 3.97. The number of fused-ring (bicyclic) bond motifs is 2. The van der Waals surface area contributed by atoms with Crippen molar-refractivity contribution in [3.05, 3.63) is 35.9 Å². The van der Waals surface area contributed by atoms with E-state index in [4.69, 9.17) is 4.99 Å². The minimum absolute atomic E-state index is 0.359. The van der Waals surface area contributed by atoms with Crippen molar-refractivity contribution in [2.45, 2.75) is 39.7 Å². The lowest BCUT2D eigenvalue weighted by Crippen LogP contribution is -2.31. The van der Waals surface area contributed by atoms with Crippen LogP contribution in [0.4, 0.5) is 0 Å². The smallest absolute Gasteiger partial charge is 0.0639 e. The summed E-state index contributed by atoms with van der Waals surface area (Å²) in [7, 11) is 0. The fourth-order valence-corrected chi connectivity index (χ4v) is 3.71. The predicted octanol–water partition coefficient (Wildman–Crippen LogP) is 4.08. The molecule has 3 rings (SSSR count). The van der Waals surface area contributed by atoms with Gasteiger partial charge >= 0.3 is 0 Å². The summed E-state index contributed by atoms with van der Waals surface area (Å²) in [6.45, 7) is 5.64. The maximum absolute atomic E-state index is 4.95. The maximum Gasteiger partial charge on any atom is 0.0639 e. The van der Waals surface area contributed by atoms with Crippen molar-refractivity contribution in [2.75, 3.05) is 0 Å². The lowest BCUT2D eigenvalue weighted by molar-refractivity contribution is 0.333. The maximum atomic E-state index is 4.95. The van der Waals surface area contributed by atoms with Crippen molar-refractivity contribution in [1.29, 1.82) is 0 Å². The zero-order chi connectivity index (χ0) is 11.9. The van der Waals surface area contributed by atoms with E-state index in [-0.39, 0.29) is 0 Å². The summed E-state index contributed by atoms with van der Waals surface area (Å²) in [5.41, 5.74) is 3.19. The highest BCUT2D eigenvalue weighted by Gasteiger charge is 2.49. The molecule has 2 bridgehead atoms. The highest BCUT2D eigenvalue weighted by atomic mass is 14.8. The summed E-state index contributed by atoms with van der Waals surface area (Å²) in [5.74, 6) is 1.68. The summed E-state index contributed by atoms with van der Waals surface area (Å²) in [6.07, 6.45) is 4.18. The van der Waals surface area contributed by atoms with Gasteiger partial charge in [-0.1, -0.05) is 44.2 Å². The van der Waals surface area contributed by atoms with Crippen LogP contribution in [0.25, 0.3) is 0 Å². The Balaban J connectivity index is 1.80. The van der Waals surface area contributed by atoms with E-state index in [1.165, 1.54) is 30.5 Å². The van der Waals surface area contributed by atoms with E-state index >= 15 is 0 Å². The van der Waals surface area contributed by atoms with Gasteiger partial charge < -0.3 is 0 Å². The monoisotopic (exact) mass is 227 g/mol. The normalized spacial score (nSPS) is 32.2. The molecule has 1 aromatic carbocycles. The molecular formula is C16H21N. The van der Waals surface area contributed by atoms with Crippen LogP contribution in [0.5, 0.6) is 0 Å². The van der Waals surface area contributed by atoms with E-state index in [0.29, 0.717) is 5.41 Å². The van der Waals surface area contributed by atoms with Crippen LogP contribution in [0.15, 0.2) is 35.3 Å². The molecule has 0 saturated heterocycles. The third kappa shape index (κ3) is 1.82. The van der Waals surface area contributed by atoms with Crippen LogP contribution in [0.2, 0.25) is 0 Å². The van der Waals surface area contributed by atoms with Crippen molar-refractivity contribution in [1.82, 2.24) is 0 Å². The molecule has 1 aromatic rings. The van der Waals surface area contributed by atoms with Gasteiger partial charge in [0.1, 0.15) is 0 Å². The molecule has 0 aliphatic heterocycles. The minimum Gasteiger partial charge on any atom is -0.289 e. The number of aliphatic imine (C=N–C) groups is 1. The Labute approximate surface area is 104 Å². The molecule has 17 heavy (non-hydrogen) atoms. The first kappa shape index (κ1) is 11.0. The molecule has 0 aromatic heterocycles. The molecule has 2 aliphatic carbocycles. The lowest BCUT2D eigenvalue weighted by atomic mass is 9.75. The highest BCUT2D eigenvalue weighted by Crippen LogP contribution is 2.53. The zero-order valence-electron chi connectivity index (χ0n) is 10.8. The molecule has 2 aliphatic rings.